The zero-order valence-electron chi connectivity index (χ0n) is 13.4. The third kappa shape index (κ3) is 4.99. The number of aromatic nitrogens is 2. The maximum absolute atomic E-state index is 13.6. The molecule has 0 spiro atoms. The quantitative estimate of drug-likeness (QED) is 0.572. The van der Waals surface area contributed by atoms with Crippen LogP contribution in [0.1, 0.15) is 6.42 Å². The van der Waals surface area contributed by atoms with E-state index in [-0.39, 0.29) is 23.8 Å². The normalized spacial score (nSPS) is 10.5. The molecule has 0 saturated heterocycles. The molecule has 3 rings (SSSR count). The molecule has 0 atom stereocenters. The van der Waals surface area contributed by atoms with Gasteiger partial charge in [0.25, 0.3) is 0 Å². The van der Waals surface area contributed by atoms with Crippen molar-refractivity contribution in [3.8, 4) is 0 Å². The predicted octanol–water partition coefficient (Wildman–Crippen LogP) is 4.68. The Morgan fingerprint density at radius 1 is 1.00 bits per heavy atom. The van der Waals surface area contributed by atoms with Gasteiger partial charge in [-0.3, -0.25) is 4.79 Å². The summed E-state index contributed by atoms with van der Waals surface area (Å²) in [4.78, 5) is 11.9. The smallest absolute Gasteiger partial charge is 0.225 e. The Kier molecular flexibility index (Phi) is 6.13. The molecular formula is C17H14F2N4OS2. The summed E-state index contributed by atoms with van der Waals surface area (Å²) in [5.74, 6) is -0.658. The van der Waals surface area contributed by atoms with E-state index < -0.39 is 5.82 Å². The Balaban J connectivity index is 1.47. The minimum Gasteiger partial charge on any atom is -0.328 e. The number of halogens is 2. The lowest BCUT2D eigenvalue weighted by molar-refractivity contribution is -0.115. The van der Waals surface area contributed by atoms with Crippen LogP contribution in [0.4, 0.5) is 25.3 Å². The van der Waals surface area contributed by atoms with E-state index in [1.807, 2.05) is 0 Å². The van der Waals surface area contributed by atoms with Gasteiger partial charge in [0.2, 0.25) is 11.0 Å². The zero-order chi connectivity index (χ0) is 18.4. The second-order valence-corrected chi connectivity index (χ2v) is 7.42. The van der Waals surface area contributed by atoms with E-state index in [1.165, 1.54) is 41.3 Å². The van der Waals surface area contributed by atoms with Crippen molar-refractivity contribution >= 4 is 45.5 Å². The maximum Gasteiger partial charge on any atom is 0.225 e. The molecule has 3 aromatic rings. The SMILES string of the molecule is O=C(CCSc1nnc(Nc2ccccc2F)s1)Nc1ccccc1F. The van der Waals surface area contributed by atoms with Gasteiger partial charge in [-0.1, -0.05) is 47.4 Å². The molecule has 1 heterocycles. The van der Waals surface area contributed by atoms with E-state index in [9.17, 15) is 13.6 Å². The number of para-hydroxylation sites is 2. The van der Waals surface area contributed by atoms with E-state index in [0.29, 0.717) is 20.9 Å². The highest BCUT2D eigenvalue weighted by Crippen LogP contribution is 2.28. The van der Waals surface area contributed by atoms with E-state index >= 15 is 0 Å². The molecule has 0 bridgehead atoms. The first kappa shape index (κ1) is 18.3. The molecule has 0 fully saturated rings. The highest BCUT2D eigenvalue weighted by atomic mass is 32.2. The standard InChI is InChI=1S/C17H14F2N4OS2/c18-11-5-1-3-7-13(11)20-15(24)9-10-25-17-23-22-16(26-17)21-14-8-4-2-6-12(14)19/h1-8H,9-10H2,(H,20,24)(H,21,22). The van der Waals surface area contributed by atoms with Crippen molar-refractivity contribution in [1.29, 1.82) is 0 Å². The van der Waals surface area contributed by atoms with Crippen LogP contribution >= 0.6 is 23.1 Å². The fraction of sp³-hybridized carbons (Fsp3) is 0.118. The molecule has 2 aromatic carbocycles. The summed E-state index contributed by atoms with van der Waals surface area (Å²) in [6, 6.07) is 12.3. The fourth-order valence-corrected chi connectivity index (χ4v) is 3.78. The Bertz CT molecular complexity index is 904. The number of carbonyl (C=O) groups excluding carboxylic acids is 1. The minimum absolute atomic E-state index is 0.162. The molecule has 0 aliphatic rings. The Morgan fingerprint density at radius 3 is 2.35 bits per heavy atom. The van der Waals surface area contributed by atoms with Crippen LogP contribution < -0.4 is 10.6 Å². The average molecular weight is 392 g/mol. The maximum atomic E-state index is 13.6. The van der Waals surface area contributed by atoms with Crippen molar-refractivity contribution in [3.63, 3.8) is 0 Å². The number of carbonyl (C=O) groups is 1. The van der Waals surface area contributed by atoms with Crippen LogP contribution in [0.5, 0.6) is 0 Å². The molecule has 134 valence electrons. The first-order valence-corrected chi connectivity index (χ1v) is 9.44. The third-order valence-corrected chi connectivity index (χ3v) is 5.20. The summed E-state index contributed by atoms with van der Waals surface area (Å²) < 4.78 is 27.7. The summed E-state index contributed by atoms with van der Waals surface area (Å²) in [7, 11) is 0. The number of hydrogen-bond donors (Lipinski definition) is 2. The van der Waals surface area contributed by atoms with Gasteiger partial charge in [0, 0.05) is 12.2 Å². The van der Waals surface area contributed by atoms with Crippen LogP contribution in [0.15, 0.2) is 52.9 Å². The van der Waals surface area contributed by atoms with E-state index in [2.05, 4.69) is 20.8 Å². The summed E-state index contributed by atoms with van der Waals surface area (Å²) in [6.45, 7) is 0. The van der Waals surface area contributed by atoms with Crippen molar-refractivity contribution in [1.82, 2.24) is 10.2 Å². The van der Waals surface area contributed by atoms with Crippen LogP contribution in [-0.4, -0.2) is 21.9 Å². The van der Waals surface area contributed by atoms with E-state index in [1.54, 1.807) is 30.3 Å². The van der Waals surface area contributed by atoms with Crippen molar-refractivity contribution in [2.75, 3.05) is 16.4 Å². The molecule has 0 aliphatic heterocycles. The Labute approximate surface area is 156 Å². The highest BCUT2D eigenvalue weighted by Gasteiger charge is 2.10. The molecule has 0 aliphatic carbocycles. The van der Waals surface area contributed by atoms with Crippen LogP contribution in [-0.2, 0) is 4.79 Å². The van der Waals surface area contributed by atoms with E-state index in [4.69, 9.17) is 0 Å². The van der Waals surface area contributed by atoms with Gasteiger partial charge in [-0.25, -0.2) is 8.78 Å². The fourth-order valence-electron chi connectivity index (χ4n) is 2.00. The van der Waals surface area contributed by atoms with Gasteiger partial charge < -0.3 is 10.6 Å². The third-order valence-electron chi connectivity index (χ3n) is 3.22. The van der Waals surface area contributed by atoms with Gasteiger partial charge in [0.1, 0.15) is 11.6 Å². The number of nitrogens with one attached hydrogen (secondary N) is 2. The second kappa shape index (κ2) is 8.72. The van der Waals surface area contributed by atoms with Gasteiger partial charge in [0.05, 0.1) is 11.4 Å². The van der Waals surface area contributed by atoms with Gasteiger partial charge in [-0.05, 0) is 24.3 Å². The first-order valence-electron chi connectivity index (χ1n) is 7.64. The number of hydrogen-bond acceptors (Lipinski definition) is 6. The molecule has 0 unspecified atom stereocenters. The van der Waals surface area contributed by atoms with Crippen molar-refractivity contribution in [3.05, 3.63) is 60.2 Å². The van der Waals surface area contributed by atoms with Gasteiger partial charge in [0.15, 0.2) is 4.34 Å². The van der Waals surface area contributed by atoms with Crippen LogP contribution in [0.2, 0.25) is 0 Å². The van der Waals surface area contributed by atoms with Crippen LogP contribution in [0.3, 0.4) is 0 Å². The predicted molar refractivity (Wildman–Crippen MR) is 100.0 cm³/mol. The van der Waals surface area contributed by atoms with Crippen molar-refractivity contribution < 1.29 is 13.6 Å². The van der Waals surface area contributed by atoms with Crippen molar-refractivity contribution in [2.24, 2.45) is 0 Å². The molecule has 1 aromatic heterocycles. The molecule has 0 radical (unpaired) electrons. The van der Waals surface area contributed by atoms with Gasteiger partial charge in [-0.2, -0.15) is 0 Å². The lowest BCUT2D eigenvalue weighted by Gasteiger charge is -2.05. The largest absolute Gasteiger partial charge is 0.328 e. The molecule has 26 heavy (non-hydrogen) atoms. The molecule has 1 amide bonds. The summed E-state index contributed by atoms with van der Waals surface area (Å²) in [5, 5.41) is 13.8. The lowest BCUT2D eigenvalue weighted by Crippen LogP contribution is -2.13. The second-order valence-electron chi connectivity index (χ2n) is 5.10. The number of nitrogens with zero attached hydrogens (tertiary/aromatic N) is 2. The number of thioether (sulfide) groups is 1. The first-order chi connectivity index (χ1) is 12.6. The van der Waals surface area contributed by atoms with Crippen LogP contribution in [0.25, 0.3) is 0 Å². The average Bonchev–Trinajstić information content (AvgIpc) is 3.06. The molecular weight excluding hydrogens is 378 g/mol. The summed E-state index contributed by atoms with van der Waals surface area (Å²) in [5.41, 5.74) is 0.485. The zero-order valence-corrected chi connectivity index (χ0v) is 15.0. The number of rotatable bonds is 7. The van der Waals surface area contributed by atoms with E-state index in [0.717, 1.165) is 0 Å². The Hall–Kier alpha value is -2.52. The number of anilines is 3. The topological polar surface area (TPSA) is 66.9 Å². The lowest BCUT2D eigenvalue weighted by atomic mass is 10.3. The monoisotopic (exact) mass is 392 g/mol. The Morgan fingerprint density at radius 2 is 1.65 bits per heavy atom. The van der Waals surface area contributed by atoms with Crippen LogP contribution in [0, 0.1) is 11.6 Å². The number of benzene rings is 2. The van der Waals surface area contributed by atoms with Gasteiger partial charge in [-0.15, -0.1) is 10.2 Å². The highest BCUT2D eigenvalue weighted by molar-refractivity contribution is 8.01. The molecule has 2 N–H and O–H groups in total. The summed E-state index contributed by atoms with van der Waals surface area (Å²) >= 11 is 2.62. The molecule has 0 saturated carbocycles. The summed E-state index contributed by atoms with van der Waals surface area (Å²) in [6.07, 6.45) is 0.203. The molecule has 9 heteroatoms. The van der Waals surface area contributed by atoms with Crippen molar-refractivity contribution in [2.45, 2.75) is 10.8 Å². The number of amides is 1. The van der Waals surface area contributed by atoms with Gasteiger partial charge >= 0.3 is 0 Å². The molecule has 5 nitrogen and oxygen atoms in total. The minimum atomic E-state index is -0.471.